The van der Waals surface area contributed by atoms with E-state index in [1.54, 1.807) is 32.0 Å². The number of hydrogen-bond acceptors (Lipinski definition) is 5. The standard InChI is InChI=1S/C14H20N2O4/c1-4-20-14(18)9-16-10(2)15-8-11-5-6-12(17)13(7-11)19-3/h5-7,17H,4,8-9H2,1-3H3,(H,15,16). The van der Waals surface area contributed by atoms with Crippen molar-refractivity contribution in [3.05, 3.63) is 23.8 Å². The molecule has 0 fully saturated rings. The van der Waals surface area contributed by atoms with Crippen molar-refractivity contribution in [2.75, 3.05) is 20.3 Å². The third-order valence-corrected chi connectivity index (χ3v) is 2.54. The second-order valence-electron chi connectivity index (χ2n) is 4.07. The Balaban J connectivity index is 2.52. The van der Waals surface area contributed by atoms with Gasteiger partial charge in [0.25, 0.3) is 0 Å². The number of hydrogen-bond donors (Lipinski definition) is 2. The number of carbonyl (C=O) groups excluding carboxylic acids is 1. The molecular formula is C14H20N2O4. The summed E-state index contributed by atoms with van der Waals surface area (Å²) in [5.41, 5.74) is 0.900. The summed E-state index contributed by atoms with van der Waals surface area (Å²) < 4.78 is 9.82. The maximum atomic E-state index is 11.2. The molecule has 0 spiro atoms. The Morgan fingerprint density at radius 1 is 1.45 bits per heavy atom. The van der Waals surface area contributed by atoms with Gasteiger partial charge in [0.1, 0.15) is 6.54 Å². The number of nitrogens with zero attached hydrogens (tertiary/aromatic N) is 1. The predicted molar refractivity (Wildman–Crippen MR) is 76.1 cm³/mol. The van der Waals surface area contributed by atoms with Crippen LogP contribution in [0.15, 0.2) is 23.2 Å². The van der Waals surface area contributed by atoms with Crippen molar-refractivity contribution in [1.29, 1.82) is 0 Å². The van der Waals surface area contributed by atoms with Gasteiger partial charge in [0, 0.05) is 0 Å². The van der Waals surface area contributed by atoms with Gasteiger partial charge >= 0.3 is 5.97 Å². The van der Waals surface area contributed by atoms with Crippen LogP contribution >= 0.6 is 0 Å². The molecule has 6 heteroatoms. The second kappa shape index (κ2) is 8.04. The molecule has 1 aromatic rings. The first-order valence-electron chi connectivity index (χ1n) is 6.33. The van der Waals surface area contributed by atoms with E-state index < -0.39 is 0 Å². The van der Waals surface area contributed by atoms with Gasteiger partial charge in [0.15, 0.2) is 11.5 Å². The maximum absolute atomic E-state index is 11.2. The number of carbonyl (C=O) groups is 1. The van der Waals surface area contributed by atoms with E-state index in [1.807, 2.05) is 0 Å². The van der Waals surface area contributed by atoms with E-state index in [1.165, 1.54) is 7.11 Å². The highest BCUT2D eigenvalue weighted by molar-refractivity contribution is 5.84. The van der Waals surface area contributed by atoms with Gasteiger partial charge < -0.3 is 19.9 Å². The topological polar surface area (TPSA) is 80.2 Å². The molecule has 0 amide bonds. The Bertz CT molecular complexity index is 486. The molecule has 0 saturated carbocycles. The first-order valence-corrected chi connectivity index (χ1v) is 6.33. The molecule has 0 aliphatic rings. The van der Waals surface area contributed by atoms with Crippen LogP contribution in [0.4, 0.5) is 0 Å². The van der Waals surface area contributed by atoms with E-state index in [9.17, 15) is 9.90 Å². The number of nitrogens with one attached hydrogen (secondary N) is 1. The van der Waals surface area contributed by atoms with Gasteiger partial charge in [-0.1, -0.05) is 6.07 Å². The summed E-state index contributed by atoms with van der Waals surface area (Å²) in [4.78, 5) is 15.5. The number of phenols is 1. The number of ether oxygens (including phenoxy) is 2. The van der Waals surface area contributed by atoms with Crippen LogP contribution in [0.25, 0.3) is 0 Å². The molecule has 0 atom stereocenters. The lowest BCUT2D eigenvalue weighted by Gasteiger charge is -2.07. The first kappa shape index (κ1) is 15.8. The average molecular weight is 280 g/mol. The number of esters is 1. The Hall–Kier alpha value is -2.24. The number of benzene rings is 1. The minimum Gasteiger partial charge on any atom is -0.504 e. The van der Waals surface area contributed by atoms with Gasteiger partial charge in [0.05, 0.1) is 26.1 Å². The summed E-state index contributed by atoms with van der Waals surface area (Å²) >= 11 is 0. The largest absolute Gasteiger partial charge is 0.504 e. The quantitative estimate of drug-likeness (QED) is 0.468. The fraction of sp³-hybridized carbons (Fsp3) is 0.429. The summed E-state index contributed by atoms with van der Waals surface area (Å²) in [5, 5.41) is 12.4. The molecule has 0 aliphatic carbocycles. The van der Waals surface area contributed by atoms with Crippen LogP contribution in [0, 0.1) is 0 Å². The number of rotatable bonds is 6. The molecule has 6 nitrogen and oxygen atoms in total. The van der Waals surface area contributed by atoms with Crippen molar-refractivity contribution in [2.45, 2.75) is 20.4 Å². The van der Waals surface area contributed by atoms with Crippen LogP contribution in [0.5, 0.6) is 11.5 Å². The van der Waals surface area contributed by atoms with Gasteiger partial charge in [-0.15, -0.1) is 0 Å². The summed E-state index contributed by atoms with van der Waals surface area (Å²) in [7, 11) is 1.49. The molecule has 1 rings (SSSR count). The Kier molecular flexibility index (Phi) is 6.36. The molecule has 0 radical (unpaired) electrons. The van der Waals surface area contributed by atoms with Crippen LogP contribution in [-0.4, -0.2) is 37.2 Å². The van der Waals surface area contributed by atoms with Gasteiger partial charge in [-0.3, -0.25) is 9.79 Å². The Morgan fingerprint density at radius 2 is 2.20 bits per heavy atom. The second-order valence-corrected chi connectivity index (χ2v) is 4.07. The van der Waals surface area contributed by atoms with Crippen molar-refractivity contribution in [2.24, 2.45) is 4.99 Å². The van der Waals surface area contributed by atoms with Gasteiger partial charge in [0.2, 0.25) is 0 Å². The normalized spacial score (nSPS) is 11.1. The van der Waals surface area contributed by atoms with Crippen molar-refractivity contribution >= 4 is 11.8 Å². The molecule has 0 aromatic heterocycles. The summed E-state index contributed by atoms with van der Waals surface area (Å²) in [6, 6.07) is 5.04. The SMILES string of the molecule is CCOC(=O)CNC(C)=NCc1ccc(O)c(OC)c1. The molecule has 0 bridgehead atoms. The Labute approximate surface area is 118 Å². The monoisotopic (exact) mass is 280 g/mol. The molecule has 0 unspecified atom stereocenters. The lowest BCUT2D eigenvalue weighted by atomic mass is 10.2. The number of phenolic OH excluding ortho intramolecular Hbond substituents is 1. The molecule has 20 heavy (non-hydrogen) atoms. The highest BCUT2D eigenvalue weighted by Gasteiger charge is 2.03. The predicted octanol–water partition coefficient (Wildman–Crippen LogP) is 1.47. The highest BCUT2D eigenvalue weighted by atomic mass is 16.5. The molecule has 1 aromatic carbocycles. The molecule has 0 aliphatic heterocycles. The van der Waals surface area contributed by atoms with Gasteiger partial charge in [-0.05, 0) is 31.5 Å². The number of amidine groups is 1. The Morgan fingerprint density at radius 3 is 2.85 bits per heavy atom. The van der Waals surface area contributed by atoms with E-state index in [-0.39, 0.29) is 18.3 Å². The van der Waals surface area contributed by atoms with Crippen LogP contribution in [0.2, 0.25) is 0 Å². The summed E-state index contributed by atoms with van der Waals surface area (Å²) in [6.45, 7) is 4.43. The summed E-state index contributed by atoms with van der Waals surface area (Å²) in [6.07, 6.45) is 0. The molecule has 0 heterocycles. The van der Waals surface area contributed by atoms with Crippen molar-refractivity contribution in [3.8, 4) is 11.5 Å². The number of methoxy groups -OCH3 is 1. The van der Waals surface area contributed by atoms with E-state index >= 15 is 0 Å². The molecular weight excluding hydrogens is 260 g/mol. The van der Waals surface area contributed by atoms with Crippen molar-refractivity contribution in [3.63, 3.8) is 0 Å². The fourth-order valence-corrected chi connectivity index (χ4v) is 1.50. The zero-order valence-corrected chi connectivity index (χ0v) is 12.0. The lowest BCUT2D eigenvalue weighted by molar-refractivity contribution is -0.141. The fourth-order valence-electron chi connectivity index (χ4n) is 1.50. The minimum atomic E-state index is -0.312. The van der Waals surface area contributed by atoms with Crippen LogP contribution < -0.4 is 10.1 Å². The third-order valence-electron chi connectivity index (χ3n) is 2.54. The van der Waals surface area contributed by atoms with Crippen LogP contribution in [0.3, 0.4) is 0 Å². The van der Waals surface area contributed by atoms with E-state index in [0.29, 0.717) is 24.7 Å². The average Bonchev–Trinajstić information content (AvgIpc) is 2.44. The van der Waals surface area contributed by atoms with E-state index in [2.05, 4.69) is 10.3 Å². The number of aromatic hydroxyl groups is 1. The van der Waals surface area contributed by atoms with E-state index in [4.69, 9.17) is 9.47 Å². The first-order chi connectivity index (χ1) is 9.56. The van der Waals surface area contributed by atoms with E-state index in [0.717, 1.165) is 5.56 Å². The van der Waals surface area contributed by atoms with Crippen LogP contribution in [0.1, 0.15) is 19.4 Å². The zero-order valence-electron chi connectivity index (χ0n) is 12.0. The van der Waals surface area contributed by atoms with Gasteiger partial charge in [-0.2, -0.15) is 0 Å². The zero-order chi connectivity index (χ0) is 15.0. The smallest absolute Gasteiger partial charge is 0.325 e. The van der Waals surface area contributed by atoms with Crippen LogP contribution in [-0.2, 0) is 16.1 Å². The molecule has 0 saturated heterocycles. The molecule has 2 N–H and O–H groups in total. The van der Waals surface area contributed by atoms with Crippen molar-refractivity contribution < 1.29 is 19.4 Å². The number of aliphatic imine (C=N–C) groups is 1. The summed E-state index contributed by atoms with van der Waals surface area (Å²) in [5.74, 6) is 0.839. The highest BCUT2D eigenvalue weighted by Crippen LogP contribution is 2.26. The maximum Gasteiger partial charge on any atom is 0.325 e. The third kappa shape index (κ3) is 5.17. The lowest BCUT2D eigenvalue weighted by Crippen LogP contribution is -2.28. The minimum absolute atomic E-state index is 0.0948. The van der Waals surface area contributed by atoms with Crippen molar-refractivity contribution in [1.82, 2.24) is 5.32 Å². The molecule has 110 valence electrons. The van der Waals surface area contributed by atoms with Gasteiger partial charge in [-0.25, -0.2) is 0 Å².